The molecule has 1 fully saturated rings. The number of carbonyl (C=O) groups excluding carboxylic acids is 1. The van der Waals surface area contributed by atoms with Crippen molar-refractivity contribution in [3.63, 3.8) is 0 Å². The van der Waals surface area contributed by atoms with Gasteiger partial charge < -0.3 is 10.6 Å². The highest BCUT2D eigenvalue weighted by molar-refractivity contribution is 5.78. The van der Waals surface area contributed by atoms with Crippen LogP contribution in [0.25, 0.3) is 0 Å². The Labute approximate surface area is 102 Å². The minimum Gasteiger partial charge on any atom is -0.354 e. The molecule has 2 atom stereocenters. The Kier molecular flexibility index (Phi) is 3.78. The van der Waals surface area contributed by atoms with Crippen LogP contribution in [0, 0.1) is 0 Å². The van der Waals surface area contributed by atoms with Crippen LogP contribution >= 0.6 is 0 Å². The summed E-state index contributed by atoms with van der Waals surface area (Å²) < 4.78 is 2.00. The number of carbonyl (C=O) groups is 1. The molecule has 5 nitrogen and oxygen atoms in total. The molecule has 1 aromatic rings. The van der Waals surface area contributed by atoms with Gasteiger partial charge in [0.2, 0.25) is 5.91 Å². The Morgan fingerprint density at radius 2 is 2.53 bits per heavy atom. The topological polar surface area (TPSA) is 59.0 Å². The Morgan fingerprint density at radius 1 is 1.71 bits per heavy atom. The lowest BCUT2D eigenvalue weighted by Crippen LogP contribution is -2.30. The third-order valence-electron chi connectivity index (χ3n) is 3.26. The average molecular weight is 236 g/mol. The van der Waals surface area contributed by atoms with E-state index in [0.717, 1.165) is 25.2 Å². The third kappa shape index (κ3) is 3.06. The van der Waals surface area contributed by atoms with Crippen molar-refractivity contribution in [3.8, 4) is 0 Å². The van der Waals surface area contributed by atoms with Crippen molar-refractivity contribution in [2.24, 2.45) is 0 Å². The molecule has 1 saturated heterocycles. The van der Waals surface area contributed by atoms with Gasteiger partial charge in [0.25, 0.3) is 0 Å². The molecule has 94 valence electrons. The van der Waals surface area contributed by atoms with E-state index in [9.17, 15) is 4.79 Å². The predicted octanol–water partition coefficient (Wildman–Crippen LogP) is 0.832. The molecule has 0 radical (unpaired) electrons. The lowest BCUT2D eigenvalue weighted by Gasteiger charge is -2.10. The van der Waals surface area contributed by atoms with E-state index in [0.29, 0.717) is 12.5 Å². The van der Waals surface area contributed by atoms with Crippen molar-refractivity contribution < 1.29 is 4.79 Å². The van der Waals surface area contributed by atoms with E-state index in [1.54, 1.807) is 0 Å². The van der Waals surface area contributed by atoms with Crippen molar-refractivity contribution in [2.75, 3.05) is 6.54 Å². The van der Waals surface area contributed by atoms with Gasteiger partial charge in [0, 0.05) is 37.8 Å². The fourth-order valence-corrected chi connectivity index (χ4v) is 1.90. The van der Waals surface area contributed by atoms with Gasteiger partial charge in [0.05, 0.1) is 5.69 Å². The monoisotopic (exact) mass is 236 g/mol. The molecule has 2 unspecified atom stereocenters. The molecule has 2 rings (SSSR count). The molecule has 1 aromatic heterocycles. The summed E-state index contributed by atoms with van der Waals surface area (Å²) in [6.07, 6.45) is 3.67. The van der Waals surface area contributed by atoms with Crippen LogP contribution in [-0.2, 0) is 11.3 Å². The zero-order chi connectivity index (χ0) is 12.3. The smallest absolute Gasteiger partial charge is 0.221 e. The first-order valence-electron chi connectivity index (χ1n) is 6.23. The molecule has 17 heavy (non-hydrogen) atoms. The summed E-state index contributed by atoms with van der Waals surface area (Å²) in [6, 6.07) is 2.72. The first kappa shape index (κ1) is 12.1. The fraction of sp³-hybridized carbons (Fsp3) is 0.667. The average Bonchev–Trinajstić information content (AvgIpc) is 2.94. The molecule has 0 aromatic carbocycles. The van der Waals surface area contributed by atoms with Crippen LogP contribution < -0.4 is 10.6 Å². The maximum atomic E-state index is 11.0. The van der Waals surface area contributed by atoms with Crippen LogP contribution in [0.3, 0.4) is 0 Å². The fourth-order valence-electron chi connectivity index (χ4n) is 1.90. The van der Waals surface area contributed by atoms with Gasteiger partial charge >= 0.3 is 0 Å². The number of nitrogens with one attached hydrogen (secondary N) is 2. The first-order chi connectivity index (χ1) is 8.19. The highest BCUT2D eigenvalue weighted by Gasteiger charge is 2.20. The normalized spacial score (nSPS) is 21.5. The zero-order valence-corrected chi connectivity index (χ0v) is 10.4. The van der Waals surface area contributed by atoms with Gasteiger partial charge in [-0.3, -0.25) is 9.48 Å². The largest absolute Gasteiger partial charge is 0.354 e. The first-order valence-corrected chi connectivity index (χ1v) is 6.23. The minimum absolute atomic E-state index is 0.132. The van der Waals surface area contributed by atoms with Crippen LogP contribution in [0.2, 0.25) is 0 Å². The van der Waals surface area contributed by atoms with Crippen molar-refractivity contribution in [1.29, 1.82) is 0 Å². The molecule has 1 aliphatic heterocycles. The Balaban J connectivity index is 1.83. The minimum atomic E-state index is 0.132. The molecule has 1 aliphatic rings. The standard InChI is InChI=1S/C12H20N4O/c1-3-9(2)16-5-4-10(15-16)7-13-11-6-12(17)14-8-11/h4-5,9,11,13H,3,6-8H2,1-2H3,(H,14,17). The molecule has 2 heterocycles. The van der Waals surface area contributed by atoms with Crippen molar-refractivity contribution in [2.45, 2.75) is 45.3 Å². The van der Waals surface area contributed by atoms with Crippen molar-refractivity contribution >= 4 is 5.91 Å². The molecule has 0 aliphatic carbocycles. The molecule has 0 spiro atoms. The van der Waals surface area contributed by atoms with E-state index in [1.165, 1.54) is 0 Å². The van der Waals surface area contributed by atoms with E-state index in [-0.39, 0.29) is 11.9 Å². The highest BCUT2D eigenvalue weighted by Crippen LogP contribution is 2.09. The van der Waals surface area contributed by atoms with Gasteiger partial charge in [-0.15, -0.1) is 0 Å². The van der Waals surface area contributed by atoms with Crippen LogP contribution in [0.1, 0.15) is 38.4 Å². The number of rotatable bonds is 5. The lowest BCUT2D eigenvalue weighted by molar-refractivity contribution is -0.119. The summed E-state index contributed by atoms with van der Waals surface area (Å²) in [5.74, 6) is 0.132. The molecule has 1 amide bonds. The molecule has 5 heteroatoms. The molecular weight excluding hydrogens is 216 g/mol. The van der Waals surface area contributed by atoms with Crippen molar-refractivity contribution in [1.82, 2.24) is 20.4 Å². The summed E-state index contributed by atoms with van der Waals surface area (Å²) in [5.41, 5.74) is 1.03. The summed E-state index contributed by atoms with van der Waals surface area (Å²) in [5, 5.41) is 10.7. The van der Waals surface area contributed by atoms with E-state index in [4.69, 9.17) is 0 Å². The van der Waals surface area contributed by atoms with Gasteiger partial charge in [-0.1, -0.05) is 6.92 Å². The number of nitrogens with zero attached hydrogens (tertiary/aromatic N) is 2. The maximum Gasteiger partial charge on any atom is 0.221 e. The Bertz CT molecular complexity index is 388. The van der Waals surface area contributed by atoms with E-state index in [2.05, 4.69) is 29.6 Å². The second-order valence-electron chi connectivity index (χ2n) is 4.63. The van der Waals surface area contributed by atoms with Gasteiger partial charge in [-0.05, 0) is 19.4 Å². The van der Waals surface area contributed by atoms with Crippen LogP contribution in [0.5, 0.6) is 0 Å². The quantitative estimate of drug-likeness (QED) is 0.796. The van der Waals surface area contributed by atoms with Crippen molar-refractivity contribution in [3.05, 3.63) is 18.0 Å². The third-order valence-corrected chi connectivity index (χ3v) is 3.26. The Morgan fingerprint density at radius 3 is 3.18 bits per heavy atom. The van der Waals surface area contributed by atoms with E-state index < -0.39 is 0 Å². The van der Waals surface area contributed by atoms with Gasteiger partial charge in [-0.25, -0.2) is 0 Å². The highest BCUT2D eigenvalue weighted by atomic mass is 16.1. The zero-order valence-electron chi connectivity index (χ0n) is 10.4. The van der Waals surface area contributed by atoms with Crippen LogP contribution in [0.15, 0.2) is 12.3 Å². The number of aromatic nitrogens is 2. The number of hydrogen-bond acceptors (Lipinski definition) is 3. The molecule has 0 bridgehead atoms. The second kappa shape index (κ2) is 5.31. The van der Waals surface area contributed by atoms with E-state index in [1.807, 2.05) is 16.9 Å². The predicted molar refractivity (Wildman–Crippen MR) is 65.5 cm³/mol. The second-order valence-corrected chi connectivity index (χ2v) is 4.63. The van der Waals surface area contributed by atoms with Crippen LogP contribution in [0.4, 0.5) is 0 Å². The summed E-state index contributed by atoms with van der Waals surface area (Å²) in [6.45, 7) is 5.76. The SMILES string of the molecule is CCC(C)n1ccc(CNC2CNC(=O)C2)n1. The number of hydrogen-bond donors (Lipinski definition) is 2. The maximum absolute atomic E-state index is 11.0. The van der Waals surface area contributed by atoms with Gasteiger partial charge in [0.15, 0.2) is 0 Å². The summed E-state index contributed by atoms with van der Waals surface area (Å²) >= 11 is 0. The van der Waals surface area contributed by atoms with Crippen LogP contribution in [-0.4, -0.2) is 28.3 Å². The molecule has 0 saturated carbocycles. The Hall–Kier alpha value is -1.36. The molecule has 2 N–H and O–H groups in total. The number of amides is 1. The summed E-state index contributed by atoms with van der Waals surface area (Å²) in [7, 11) is 0. The summed E-state index contributed by atoms with van der Waals surface area (Å²) in [4.78, 5) is 11.0. The lowest BCUT2D eigenvalue weighted by atomic mass is 10.2. The molecular formula is C12H20N4O. The van der Waals surface area contributed by atoms with Gasteiger partial charge in [-0.2, -0.15) is 5.10 Å². The van der Waals surface area contributed by atoms with E-state index >= 15 is 0 Å². The van der Waals surface area contributed by atoms with Gasteiger partial charge in [0.1, 0.15) is 0 Å².